The highest BCUT2D eigenvalue weighted by atomic mass is 19.4. The van der Waals surface area contributed by atoms with E-state index in [1.165, 1.54) is 18.3 Å². The molecular formula is C14H9BF3NO2. The highest BCUT2D eigenvalue weighted by Gasteiger charge is 2.30. The summed E-state index contributed by atoms with van der Waals surface area (Å²) in [5.74, 6) is 0. The fourth-order valence-corrected chi connectivity index (χ4v) is 2.23. The van der Waals surface area contributed by atoms with E-state index in [1.807, 2.05) is 0 Å². The quantitative estimate of drug-likeness (QED) is 0.820. The number of hydrogen-bond acceptors (Lipinski definition) is 3. The molecule has 0 aliphatic carbocycles. The number of benzene rings is 2. The van der Waals surface area contributed by atoms with Crippen LogP contribution in [0.5, 0.6) is 0 Å². The number of nitrogens with zero attached hydrogens (tertiary/aromatic N) is 1. The third-order valence-corrected chi connectivity index (χ3v) is 3.27. The molecule has 1 heterocycles. The predicted octanol–water partition coefficient (Wildman–Crippen LogP) is 2.42. The lowest BCUT2D eigenvalue weighted by molar-refractivity contribution is -0.137. The average molecular weight is 291 g/mol. The van der Waals surface area contributed by atoms with E-state index in [-0.39, 0.29) is 0 Å². The molecule has 2 aromatic rings. The van der Waals surface area contributed by atoms with E-state index in [0.717, 1.165) is 12.1 Å². The lowest BCUT2D eigenvalue weighted by Crippen LogP contribution is -2.37. The van der Waals surface area contributed by atoms with Crippen molar-refractivity contribution in [3.05, 3.63) is 53.6 Å². The number of halogens is 3. The van der Waals surface area contributed by atoms with Gasteiger partial charge in [-0.05, 0) is 23.3 Å². The van der Waals surface area contributed by atoms with Gasteiger partial charge in [0.25, 0.3) is 0 Å². The summed E-state index contributed by atoms with van der Waals surface area (Å²) < 4.78 is 42.5. The molecule has 0 saturated carbocycles. The fourth-order valence-electron chi connectivity index (χ4n) is 2.23. The van der Waals surface area contributed by atoms with Crippen molar-refractivity contribution in [1.82, 2.24) is 0 Å². The molecule has 1 N–H and O–H groups in total. The molecule has 0 spiro atoms. The molecular weight excluding hydrogens is 282 g/mol. The summed E-state index contributed by atoms with van der Waals surface area (Å²) >= 11 is 0. The Hall–Kier alpha value is -2.28. The van der Waals surface area contributed by atoms with Gasteiger partial charge in [0.05, 0.1) is 11.8 Å². The number of fused-ring (bicyclic) bond motifs is 1. The highest BCUT2D eigenvalue weighted by Crippen LogP contribution is 2.31. The second-order valence-corrected chi connectivity index (χ2v) is 4.58. The Balaban J connectivity index is 2.06. The van der Waals surface area contributed by atoms with Crippen LogP contribution in [0.25, 0.3) is 11.1 Å². The maximum Gasteiger partial charge on any atom is 0.583 e. The second kappa shape index (κ2) is 4.93. The molecule has 2 aromatic carbocycles. The van der Waals surface area contributed by atoms with Gasteiger partial charge in [0.2, 0.25) is 0 Å². The van der Waals surface area contributed by atoms with E-state index in [0.29, 0.717) is 22.2 Å². The standard InChI is InChI=1S/C14H9BF3NO2/c16-14(17,18)10-6-4-9(5-7-10)11-2-1-3-13-12(11)8-19-21-15(13)20/h1-8,20H. The molecule has 3 rings (SSSR count). The van der Waals surface area contributed by atoms with E-state index in [9.17, 15) is 18.2 Å². The molecule has 0 amide bonds. The van der Waals surface area contributed by atoms with Crippen LogP contribution in [0.3, 0.4) is 0 Å². The van der Waals surface area contributed by atoms with Gasteiger partial charge >= 0.3 is 13.3 Å². The molecule has 7 heteroatoms. The Morgan fingerprint density at radius 3 is 2.43 bits per heavy atom. The smallest absolute Gasteiger partial charge is 0.427 e. The molecule has 1 aliphatic heterocycles. The predicted molar refractivity (Wildman–Crippen MR) is 73.2 cm³/mol. The van der Waals surface area contributed by atoms with E-state index in [4.69, 9.17) is 4.76 Å². The molecule has 0 atom stereocenters. The molecule has 106 valence electrons. The van der Waals surface area contributed by atoms with Gasteiger partial charge < -0.3 is 9.78 Å². The van der Waals surface area contributed by atoms with Gasteiger partial charge in [0, 0.05) is 11.0 Å². The first kappa shape index (κ1) is 13.7. The molecule has 3 nitrogen and oxygen atoms in total. The third kappa shape index (κ3) is 2.52. The van der Waals surface area contributed by atoms with Gasteiger partial charge in [-0.15, -0.1) is 5.16 Å². The Morgan fingerprint density at radius 1 is 1.05 bits per heavy atom. The first-order valence-corrected chi connectivity index (χ1v) is 6.14. The largest absolute Gasteiger partial charge is 0.583 e. The van der Waals surface area contributed by atoms with Gasteiger partial charge in [-0.2, -0.15) is 13.2 Å². The number of oxime groups is 1. The maximum absolute atomic E-state index is 12.6. The minimum Gasteiger partial charge on any atom is -0.427 e. The molecule has 1 aliphatic rings. The summed E-state index contributed by atoms with van der Waals surface area (Å²) in [6.45, 7) is 0. The van der Waals surface area contributed by atoms with Crippen LogP contribution in [-0.2, 0) is 10.9 Å². The van der Waals surface area contributed by atoms with Gasteiger partial charge in [0.15, 0.2) is 0 Å². The minimum atomic E-state index is -4.36. The maximum atomic E-state index is 12.6. The SMILES string of the molecule is OB1ON=Cc2c1cccc2-c1ccc(C(F)(F)F)cc1. The van der Waals surface area contributed by atoms with Crippen molar-refractivity contribution < 1.29 is 23.0 Å². The van der Waals surface area contributed by atoms with Crippen LogP contribution in [0.1, 0.15) is 11.1 Å². The number of rotatable bonds is 1. The topological polar surface area (TPSA) is 41.8 Å². The average Bonchev–Trinajstić information content (AvgIpc) is 2.46. The second-order valence-electron chi connectivity index (χ2n) is 4.58. The molecule has 21 heavy (non-hydrogen) atoms. The normalized spacial score (nSPS) is 13.8. The van der Waals surface area contributed by atoms with E-state index in [1.54, 1.807) is 18.2 Å². The monoisotopic (exact) mass is 291 g/mol. The van der Waals surface area contributed by atoms with Gasteiger partial charge in [-0.1, -0.05) is 30.3 Å². The van der Waals surface area contributed by atoms with Crippen LogP contribution in [-0.4, -0.2) is 18.4 Å². The Morgan fingerprint density at radius 2 is 1.76 bits per heavy atom. The summed E-state index contributed by atoms with van der Waals surface area (Å²) in [7, 11) is -1.17. The summed E-state index contributed by atoms with van der Waals surface area (Å²) in [5, 5.41) is 13.3. The van der Waals surface area contributed by atoms with Crippen LogP contribution in [0, 0.1) is 0 Å². The van der Waals surface area contributed by atoms with Crippen LogP contribution in [0.4, 0.5) is 13.2 Å². The van der Waals surface area contributed by atoms with Crippen molar-refractivity contribution >= 4 is 18.8 Å². The van der Waals surface area contributed by atoms with Gasteiger partial charge in [-0.3, -0.25) is 0 Å². The zero-order chi connectivity index (χ0) is 15.0. The number of alkyl halides is 3. The first-order valence-electron chi connectivity index (χ1n) is 6.14. The van der Waals surface area contributed by atoms with Crippen LogP contribution < -0.4 is 5.46 Å². The highest BCUT2D eigenvalue weighted by molar-refractivity contribution is 6.62. The summed E-state index contributed by atoms with van der Waals surface area (Å²) in [6, 6.07) is 9.99. The van der Waals surface area contributed by atoms with E-state index >= 15 is 0 Å². The van der Waals surface area contributed by atoms with Crippen molar-refractivity contribution in [3.8, 4) is 11.1 Å². The van der Waals surface area contributed by atoms with Gasteiger partial charge in [0.1, 0.15) is 0 Å². The first-order chi connectivity index (χ1) is 9.97. The van der Waals surface area contributed by atoms with Crippen molar-refractivity contribution in [2.24, 2.45) is 5.16 Å². The zero-order valence-electron chi connectivity index (χ0n) is 10.6. The molecule has 0 unspecified atom stereocenters. The third-order valence-electron chi connectivity index (χ3n) is 3.27. The zero-order valence-corrected chi connectivity index (χ0v) is 10.6. The lowest BCUT2D eigenvalue weighted by atomic mass is 9.74. The summed E-state index contributed by atoms with van der Waals surface area (Å²) in [4.78, 5) is 0. The molecule has 0 bridgehead atoms. The van der Waals surface area contributed by atoms with Crippen molar-refractivity contribution in [1.29, 1.82) is 0 Å². The van der Waals surface area contributed by atoms with Crippen LogP contribution in [0.2, 0.25) is 0 Å². The Labute approximate surface area is 118 Å². The molecule has 0 radical (unpaired) electrons. The lowest BCUT2D eigenvalue weighted by Gasteiger charge is -2.16. The van der Waals surface area contributed by atoms with Crippen LogP contribution in [0.15, 0.2) is 47.6 Å². The molecule has 0 aromatic heterocycles. The minimum absolute atomic E-state index is 0.530. The van der Waals surface area contributed by atoms with Crippen molar-refractivity contribution in [3.63, 3.8) is 0 Å². The van der Waals surface area contributed by atoms with Crippen molar-refractivity contribution in [2.45, 2.75) is 6.18 Å². The van der Waals surface area contributed by atoms with E-state index in [2.05, 4.69) is 5.16 Å². The Bertz CT molecular complexity index is 698. The molecule has 0 fully saturated rings. The Kier molecular flexibility index (Phi) is 3.21. The van der Waals surface area contributed by atoms with Gasteiger partial charge in [-0.25, -0.2) is 0 Å². The molecule has 0 saturated heterocycles. The summed E-state index contributed by atoms with van der Waals surface area (Å²) in [5.41, 5.74) is 1.76. The van der Waals surface area contributed by atoms with Crippen molar-refractivity contribution in [2.75, 3.05) is 0 Å². The fraction of sp³-hybridized carbons (Fsp3) is 0.0714. The van der Waals surface area contributed by atoms with E-state index < -0.39 is 18.9 Å². The number of hydrogen-bond donors (Lipinski definition) is 1. The van der Waals surface area contributed by atoms with Crippen LogP contribution >= 0.6 is 0 Å². The summed E-state index contributed by atoms with van der Waals surface area (Å²) in [6.07, 6.45) is -2.92.